The van der Waals surface area contributed by atoms with Gasteiger partial charge in [-0.05, 0) is 6.92 Å². The van der Waals surface area contributed by atoms with Gasteiger partial charge in [0, 0.05) is 7.05 Å². The molecule has 22 heavy (non-hydrogen) atoms. The Morgan fingerprint density at radius 3 is 2.36 bits per heavy atom. The van der Waals surface area contributed by atoms with E-state index < -0.39 is 9.70 Å². The van der Waals surface area contributed by atoms with Crippen molar-refractivity contribution in [3.63, 3.8) is 0 Å². The van der Waals surface area contributed by atoms with Crippen LogP contribution in [0.3, 0.4) is 0 Å². The number of amides is 1. The highest BCUT2D eigenvalue weighted by molar-refractivity contribution is 6.68. The number of rotatable bonds is 2. The highest BCUT2D eigenvalue weighted by Crippen LogP contribution is 2.39. The van der Waals surface area contributed by atoms with Gasteiger partial charge in [-0.1, -0.05) is 63.2 Å². The molecule has 0 N–H and O–H groups in total. The molecule has 0 aliphatic carbocycles. The van der Waals surface area contributed by atoms with Crippen LogP contribution in [0.5, 0.6) is 5.88 Å². The molecule has 7 nitrogen and oxygen atoms in total. The van der Waals surface area contributed by atoms with Crippen LogP contribution in [0.1, 0.15) is 12.7 Å². The lowest BCUT2D eigenvalue weighted by Gasteiger charge is -2.11. The zero-order valence-corrected chi connectivity index (χ0v) is 14.7. The smallest absolute Gasteiger partial charge is 0.297 e. The van der Waals surface area contributed by atoms with Gasteiger partial charge in [0.25, 0.3) is 11.8 Å². The number of halogens is 5. The molecule has 1 aliphatic rings. The van der Waals surface area contributed by atoms with Gasteiger partial charge in [-0.15, -0.1) is 0 Å². The van der Waals surface area contributed by atoms with Gasteiger partial charge in [0.15, 0.2) is 16.7 Å². The van der Waals surface area contributed by atoms with Gasteiger partial charge >= 0.3 is 0 Å². The van der Waals surface area contributed by atoms with E-state index in [1.165, 1.54) is 7.05 Å². The maximum absolute atomic E-state index is 11.8. The maximum atomic E-state index is 11.8. The van der Waals surface area contributed by atoms with E-state index in [1.54, 1.807) is 6.92 Å². The van der Waals surface area contributed by atoms with Crippen molar-refractivity contribution in [2.45, 2.75) is 10.7 Å². The Morgan fingerprint density at radius 1 is 1.23 bits per heavy atom. The van der Waals surface area contributed by atoms with Crippen molar-refractivity contribution in [2.24, 2.45) is 10.3 Å². The van der Waals surface area contributed by atoms with Crippen molar-refractivity contribution < 1.29 is 9.63 Å². The predicted molar refractivity (Wildman–Crippen MR) is 85.2 cm³/mol. The van der Waals surface area contributed by atoms with E-state index in [1.807, 2.05) is 0 Å². The Labute approximate surface area is 149 Å². The lowest BCUT2D eigenvalue weighted by Crippen LogP contribution is -2.24. The van der Waals surface area contributed by atoms with E-state index in [0.29, 0.717) is 5.71 Å². The minimum Gasteiger partial charge on any atom is -0.334 e. The second-order valence-corrected chi connectivity index (χ2v) is 7.02. The standard InChI is InChI=1S/C10H6Cl5N5O2/c1-3-5(8(21)20(2)18-3)19-22-7-4(11)6(12)16-9(17-7)10(13,14)15/h1-2H3. The topological polar surface area (TPSA) is 80.0 Å². The first-order valence-electron chi connectivity index (χ1n) is 5.50. The largest absolute Gasteiger partial charge is 0.334 e. The van der Waals surface area contributed by atoms with Crippen LogP contribution in [0, 0.1) is 0 Å². The predicted octanol–water partition coefficient (Wildman–Crippen LogP) is 3.19. The molecule has 0 aromatic carbocycles. The Kier molecular flexibility index (Phi) is 5.03. The summed E-state index contributed by atoms with van der Waals surface area (Å²) in [4.78, 5) is 24.3. The fourth-order valence-electron chi connectivity index (χ4n) is 1.41. The van der Waals surface area contributed by atoms with Gasteiger partial charge in [-0.2, -0.15) is 10.1 Å². The first kappa shape index (κ1) is 17.5. The lowest BCUT2D eigenvalue weighted by molar-refractivity contribution is -0.122. The Hall–Kier alpha value is -0.860. The summed E-state index contributed by atoms with van der Waals surface area (Å²) in [6.07, 6.45) is 0. The Morgan fingerprint density at radius 2 is 1.86 bits per heavy atom. The van der Waals surface area contributed by atoms with Gasteiger partial charge in [0.1, 0.15) is 5.02 Å². The van der Waals surface area contributed by atoms with Gasteiger partial charge in [0.05, 0.1) is 5.71 Å². The van der Waals surface area contributed by atoms with Crippen molar-refractivity contribution in [2.75, 3.05) is 7.05 Å². The third kappa shape index (κ3) is 3.55. The highest BCUT2D eigenvalue weighted by atomic mass is 35.6. The molecule has 0 spiro atoms. The number of carbonyl (C=O) groups is 1. The van der Waals surface area contributed by atoms with Crippen molar-refractivity contribution in [1.29, 1.82) is 0 Å². The van der Waals surface area contributed by atoms with Gasteiger partial charge in [-0.3, -0.25) is 4.79 Å². The third-order valence-corrected chi connectivity index (χ3v) is 3.61. The van der Waals surface area contributed by atoms with Gasteiger partial charge < -0.3 is 4.84 Å². The summed E-state index contributed by atoms with van der Waals surface area (Å²) in [6, 6.07) is 0. The highest BCUT2D eigenvalue weighted by Gasteiger charge is 2.31. The molecule has 0 radical (unpaired) electrons. The molecule has 0 saturated heterocycles. The molecule has 1 aromatic rings. The number of oxime groups is 1. The van der Waals surface area contributed by atoms with Crippen molar-refractivity contribution in [3.05, 3.63) is 16.0 Å². The summed E-state index contributed by atoms with van der Waals surface area (Å²) < 4.78 is -1.93. The van der Waals surface area contributed by atoms with Gasteiger partial charge in [0.2, 0.25) is 3.79 Å². The number of alkyl halides is 3. The minimum atomic E-state index is -1.93. The van der Waals surface area contributed by atoms with E-state index in [9.17, 15) is 4.79 Å². The molecule has 0 fully saturated rings. The molecule has 1 amide bonds. The summed E-state index contributed by atoms with van der Waals surface area (Å²) in [6.45, 7) is 1.59. The van der Waals surface area contributed by atoms with Crippen LogP contribution < -0.4 is 4.84 Å². The SMILES string of the molecule is CC1=NN(C)C(=O)C1=NOc1nc(C(Cl)(Cl)Cl)nc(Cl)c1Cl. The molecular formula is C10H6Cl5N5O2. The second kappa shape index (κ2) is 6.33. The second-order valence-electron chi connectivity index (χ2n) is 4.00. The van der Waals surface area contributed by atoms with E-state index >= 15 is 0 Å². The fourth-order valence-corrected chi connectivity index (χ4v) is 1.94. The molecular weight excluding hydrogens is 399 g/mol. The molecule has 1 aliphatic heterocycles. The zero-order valence-electron chi connectivity index (χ0n) is 10.9. The number of hydrogen-bond donors (Lipinski definition) is 0. The number of hydrazone groups is 1. The van der Waals surface area contributed by atoms with Crippen LogP contribution in [0.4, 0.5) is 0 Å². The number of hydrogen-bond acceptors (Lipinski definition) is 6. The normalized spacial score (nSPS) is 17.2. The van der Waals surface area contributed by atoms with E-state index in [2.05, 4.69) is 20.2 Å². The molecule has 0 bridgehead atoms. The maximum Gasteiger partial charge on any atom is 0.297 e. The van der Waals surface area contributed by atoms with Crippen molar-refractivity contribution >= 4 is 75.3 Å². The Balaban J connectivity index is 2.37. The van der Waals surface area contributed by atoms with Crippen molar-refractivity contribution in [3.8, 4) is 5.88 Å². The molecule has 1 aromatic heterocycles. The molecule has 118 valence electrons. The minimum absolute atomic E-state index is 0.0104. The van der Waals surface area contributed by atoms with E-state index in [4.69, 9.17) is 62.8 Å². The quantitative estimate of drug-likeness (QED) is 0.430. The van der Waals surface area contributed by atoms with Gasteiger partial charge in [-0.25, -0.2) is 9.99 Å². The summed E-state index contributed by atoms with van der Waals surface area (Å²) in [7, 11) is 1.48. The van der Waals surface area contributed by atoms with Crippen LogP contribution in [0.2, 0.25) is 10.2 Å². The summed E-state index contributed by atoms with van der Waals surface area (Å²) in [5, 5.41) is 8.34. The van der Waals surface area contributed by atoms with E-state index in [0.717, 1.165) is 5.01 Å². The molecule has 2 rings (SSSR count). The van der Waals surface area contributed by atoms with Crippen LogP contribution in [0.25, 0.3) is 0 Å². The lowest BCUT2D eigenvalue weighted by atomic mass is 10.3. The van der Waals surface area contributed by atoms with Crippen LogP contribution in [-0.2, 0) is 8.59 Å². The average molecular weight is 405 g/mol. The summed E-state index contributed by atoms with van der Waals surface area (Å²) >= 11 is 28.8. The Bertz CT molecular complexity index is 700. The number of nitrogens with zero attached hydrogens (tertiary/aromatic N) is 5. The van der Waals surface area contributed by atoms with E-state index in [-0.39, 0.29) is 27.6 Å². The molecule has 12 heteroatoms. The third-order valence-electron chi connectivity index (χ3n) is 2.40. The number of aromatic nitrogens is 2. The monoisotopic (exact) mass is 403 g/mol. The average Bonchev–Trinajstić information content (AvgIpc) is 2.64. The molecule has 0 saturated carbocycles. The summed E-state index contributed by atoms with van der Waals surface area (Å²) in [5.41, 5.74) is 0.356. The van der Waals surface area contributed by atoms with Crippen LogP contribution in [-0.4, -0.2) is 39.4 Å². The fraction of sp³-hybridized carbons (Fsp3) is 0.300. The molecule has 0 unspecified atom stereocenters. The molecule has 0 atom stereocenters. The van der Waals surface area contributed by atoms with Crippen LogP contribution >= 0.6 is 58.0 Å². The number of carbonyl (C=O) groups excluding carboxylic acids is 1. The first-order chi connectivity index (χ1) is 10.1. The molecule has 2 heterocycles. The first-order valence-corrected chi connectivity index (χ1v) is 7.39. The van der Waals surface area contributed by atoms with Crippen LogP contribution in [0.15, 0.2) is 10.3 Å². The van der Waals surface area contributed by atoms with Crippen molar-refractivity contribution in [1.82, 2.24) is 15.0 Å². The zero-order chi connectivity index (χ0) is 16.7. The summed E-state index contributed by atoms with van der Waals surface area (Å²) in [5.74, 6) is -0.955.